The van der Waals surface area contributed by atoms with E-state index in [1.165, 1.54) is 0 Å². The lowest BCUT2D eigenvalue weighted by molar-refractivity contribution is -0.0121. The Morgan fingerprint density at radius 3 is 2.43 bits per heavy atom. The van der Waals surface area contributed by atoms with Crippen LogP contribution in [0.3, 0.4) is 0 Å². The lowest BCUT2D eigenvalue weighted by Crippen LogP contribution is -2.34. The highest BCUT2D eigenvalue weighted by molar-refractivity contribution is 9.10. The molecule has 1 aromatic carbocycles. The number of ether oxygens (including phenoxy) is 2. The van der Waals surface area contributed by atoms with Crippen molar-refractivity contribution in [1.82, 2.24) is 5.32 Å². The van der Waals surface area contributed by atoms with Crippen molar-refractivity contribution in [3.63, 3.8) is 0 Å². The van der Waals surface area contributed by atoms with Gasteiger partial charge in [-0.3, -0.25) is 0 Å². The molecule has 0 saturated carbocycles. The zero-order chi connectivity index (χ0) is 15.9. The molecule has 0 spiro atoms. The van der Waals surface area contributed by atoms with Crippen molar-refractivity contribution in [2.45, 2.75) is 45.8 Å². The Morgan fingerprint density at radius 2 is 1.90 bits per heavy atom. The largest absolute Gasteiger partial charge is 0.493 e. The van der Waals surface area contributed by atoms with Gasteiger partial charge in [-0.25, -0.2) is 0 Å². The molecule has 0 radical (unpaired) electrons. The zero-order valence-electron chi connectivity index (χ0n) is 13.3. The molecule has 2 N–H and O–H groups in total. The fraction of sp³-hybridized carbons (Fsp3) is 0.625. The second-order valence-corrected chi connectivity index (χ2v) is 5.96. The van der Waals surface area contributed by atoms with Gasteiger partial charge >= 0.3 is 0 Å². The monoisotopic (exact) mass is 359 g/mol. The van der Waals surface area contributed by atoms with Gasteiger partial charge in [0.05, 0.1) is 17.2 Å². The highest BCUT2D eigenvalue weighted by atomic mass is 79.9. The number of aliphatic hydroxyl groups is 1. The van der Waals surface area contributed by atoms with Crippen LogP contribution in [-0.2, 0) is 6.54 Å². The molecular formula is C16H26BrNO3. The third-order valence-corrected chi connectivity index (χ3v) is 4.26. The summed E-state index contributed by atoms with van der Waals surface area (Å²) in [5, 5.41) is 13.6. The van der Waals surface area contributed by atoms with E-state index in [-0.39, 0.29) is 6.61 Å². The smallest absolute Gasteiger partial charge is 0.175 e. The lowest BCUT2D eigenvalue weighted by Gasteiger charge is -2.26. The average molecular weight is 360 g/mol. The van der Waals surface area contributed by atoms with Crippen LogP contribution in [0, 0.1) is 0 Å². The first-order chi connectivity index (χ1) is 9.99. The van der Waals surface area contributed by atoms with Crippen LogP contribution in [0.4, 0.5) is 0 Å². The van der Waals surface area contributed by atoms with E-state index >= 15 is 0 Å². The van der Waals surface area contributed by atoms with Crippen molar-refractivity contribution in [3.8, 4) is 11.5 Å². The number of halogens is 1. The number of rotatable bonds is 9. The number of hydrogen-bond donors (Lipinski definition) is 2. The molecule has 1 aromatic rings. The quantitative estimate of drug-likeness (QED) is 0.708. The normalized spacial score (nSPS) is 11.5. The first-order valence-electron chi connectivity index (χ1n) is 7.42. The molecule has 0 fully saturated rings. The Bertz CT molecular complexity index is 447. The predicted octanol–water partition coefficient (Wildman–Crippen LogP) is 3.50. The maximum atomic E-state index is 10.3. The second-order valence-electron chi connectivity index (χ2n) is 5.11. The summed E-state index contributed by atoms with van der Waals surface area (Å²) < 4.78 is 12.1. The van der Waals surface area contributed by atoms with E-state index in [1.807, 2.05) is 26.0 Å². The van der Waals surface area contributed by atoms with Gasteiger partial charge in [-0.05, 0) is 53.0 Å². The molecule has 0 saturated heterocycles. The number of methoxy groups -OCH3 is 1. The van der Waals surface area contributed by atoms with Crippen LogP contribution in [0.1, 0.15) is 39.2 Å². The van der Waals surface area contributed by atoms with Gasteiger partial charge in [-0.15, -0.1) is 0 Å². The topological polar surface area (TPSA) is 50.7 Å². The Kier molecular flexibility index (Phi) is 7.49. The standard InChI is InChI=1S/C16H26BrNO3/c1-5-16(19,6-2)11-21-15-13(17)8-12(10-18-7-3)9-14(15)20-4/h8-9,18-19H,5-7,10-11H2,1-4H3. The number of benzene rings is 1. The predicted molar refractivity (Wildman–Crippen MR) is 89.1 cm³/mol. The van der Waals surface area contributed by atoms with Crippen molar-refractivity contribution >= 4 is 15.9 Å². The molecule has 0 aliphatic rings. The van der Waals surface area contributed by atoms with E-state index in [9.17, 15) is 5.11 Å². The Morgan fingerprint density at radius 1 is 1.24 bits per heavy atom. The second kappa shape index (κ2) is 8.61. The average Bonchev–Trinajstić information content (AvgIpc) is 2.50. The first kappa shape index (κ1) is 18.3. The van der Waals surface area contributed by atoms with E-state index in [0.717, 1.165) is 23.1 Å². The highest BCUT2D eigenvalue weighted by Gasteiger charge is 2.24. The van der Waals surface area contributed by atoms with Gasteiger partial charge in [-0.2, -0.15) is 0 Å². The molecule has 5 heteroatoms. The van der Waals surface area contributed by atoms with E-state index in [4.69, 9.17) is 9.47 Å². The van der Waals surface area contributed by atoms with Crippen LogP contribution in [0.2, 0.25) is 0 Å². The Hall–Kier alpha value is -0.780. The van der Waals surface area contributed by atoms with Gasteiger partial charge < -0.3 is 19.9 Å². The summed E-state index contributed by atoms with van der Waals surface area (Å²) >= 11 is 3.53. The molecule has 0 heterocycles. The summed E-state index contributed by atoms with van der Waals surface area (Å²) in [6.07, 6.45) is 1.31. The van der Waals surface area contributed by atoms with Gasteiger partial charge in [0.1, 0.15) is 6.61 Å². The maximum absolute atomic E-state index is 10.3. The summed E-state index contributed by atoms with van der Waals surface area (Å²) in [5.74, 6) is 1.31. The first-order valence-corrected chi connectivity index (χ1v) is 8.21. The van der Waals surface area contributed by atoms with E-state index in [0.29, 0.717) is 24.3 Å². The highest BCUT2D eigenvalue weighted by Crippen LogP contribution is 2.37. The molecule has 0 atom stereocenters. The SMILES string of the molecule is CCNCc1cc(Br)c(OCC(O)(CC)CC)c(OC)c1. The molecule has 0 bridgehead atoms. The Balaban J connectivity index is 2.91. The Labute approximate surface area is 136 Å². The summed E-state index contributed by atoms with van der Waals surface area (Å²) in [4.78, 5) is 0. The molecule has 21 heavy (non-hydrogen) atoms. The molecule has 0 aromatic heterocycles. The van der Waals surface area contributed by atoms with Crippen molar-refractivity contribution in [3.05, 3.63) is 22.2 Å². The third kappa shape index (κ3) is 5.16. The molecule has 4 nitrogen and oxygen atoms in total. The summed E-state index contributed by atoms with van der Waals surface area (Å²) in [6.45, 7) is 7.93. The minimum Gasteiger partial charge on any atom is -0.493 e. The van der Waals surface area contributed by atoms with Crippen molar-refractivity contribution < 1.29 is 14.6 Å². The van der Waals surface area contributed by atoms with Gasteiger partial charge in [0.25, 0.3) is 0 Å². The van der Waals surface area contributed by atoms with Gasteiger partial charge in [0.2, 0.25) is 0 Å². The summed E-state index contributed by atoms with van der Waals surface area (Å²) in [7, 11) is 1.62. The minimum absolute atomic E-state index is 0.252. The molecular weight excluding hydrogens is 334 g/mol. The third-order valence-electron chi connectivity index (χ3n) is 3.67. The summed E-state index contributed by atoms with van der Waals surface area (Å²) in [6, 6.07) is 3.97. The van der Waals surface area contributed by atoms with Crippen molar-refractivity contribution in [2.75, 3.05) is 20.3 Å². The van der Waals surface area contributed by atoms with E-state index < -0.39 is 5.60 Å². The van der Waals surface area contributed by atoms with Crippen molar-refractivity contribution in [1.29, 1.82) is 0 Å². The van der Waals surface area contributed by atoms with Crippen LogP contribution in [0.15, 0.2) is 16.6 Å². The van der Waals surface area contributed by atoms with Gasteiger partial charge in [0.15, 0.2) is 11.5 Å². The zero-order valence-corrected chi connectivity index (χ0v) is 14.9. The van der Waals surface area contributed by atoms with E-state index in [1.54, 1.807) is 7.11 Å². The summed E-state index contributed by atoms with van der Waals surface area (Å²) in [5.41, 5.74) is 0.321. The molecule has 0 aliphatic heterocycles. The molecule has 120 valence electrons. The van der Waals surface area contributed by atoms with Crippen molar-refractivity contribution in [2.24, 2.45) is 0 Å². The molecule has 0 unspecified atom stereocenters. The lowest BCUT2D eigenvalue weighted by atomic mass is 9.99. The van der Waals surface area contributed by atoms with Crippen LogP contribution in [-0.4, -0.2) is 31.0 Å². The minimum atomic E-state index is -0.799. The van der Waals surface area contributed by atoms with Crippen LogP contribution < -0.4 is 14.8 Å². The fourth-order valence-electron chi connectivity index (χ4n) is 1.95. The van der Waals surface area contributed by atoms with Crippen LogP contribution in [0.25, 0.3) is 0 Å². The molecule has 0 aliphatic carbocycles. The maximum Gasteiger partial charge on any atom is 0.175 e. The van der Waals surface area contributed by atoms with Crippen LogP contribution in [0.5, 0.6) is 11.5 Å². The number of hydrogen-bond acceptors (Lipinski definition) is 4. The molecule has 0 amide bonds. The van der Waals surface area contributed by atoms with Gasteiger partial charge in [0, 0.05) is 6.54 Å². The number of nitrogens with one attached hydrogen (secondary N) is 1. The fourth-order valence-corrected chi connectivity index (χ4v) is 2.55. The van der Waals surface area contributed by atoms with E-state index in [2.05, 4.69) is 28.2 Å². The van der Waals surface area contributed by atoms with Gasteiger partial charge in [-0.1, -0.05) is 20.8 Å². The van der Waals surface area contributed by atoms with Crippen LogP contribution >= 0.6 is 15.9 Å². The molecule has 1 rings (SSSR count).